The molecule has 1 aliphatic heterocycles. The fourth-order valence-corrected chi connectivity index (χ4v) is 3.86. The summed E-state index contributed by atoms with van der Waals surface area (Å²) in [5, 5.41) is 2.57. The topological polar surface area (TPSA) is 72.3 Å². The molecule has 1 amide bonds. The van der Waals surface area contributed by atoms with E-state index in [9.17, 15) is 4.79 Å². The van der Waals surface area contributed by atoms with Crippen LogP contribution in [-0.4, -0.2) is 52.5 Å². The Morgan fingerprint density at radius 1 is 1.17 bits per heavy atom. The molecular formula is C22H27N5O2. The van der Waals surface area contributed by atoms with Gasteiger partial charge in [0.25, 0.3) is 5.91 Å². The molecule has 4 rings (SSSR count). The average Bonchev–Trinajstić information content (AvgIpc) is 3.04. The predicted octanol–water partition coefficient (Wildman–Crippen LogP) is 3.00. The molecule has 0 spiro atoms. The third-order valence-electron chi connectivity index (χ3n) is 5.68. The number of likely N-dealkylation sites (tertiary alicyclic amines) is 1. The number of ether oxygens (including phenoxy) is 1. The molecule has 0 radical (unpaired) electrons. The van der Waals surface area contributed by atoms with Gasteiger partial charge in [-0.2, -0.15) is 0 Å². The second-order valence-corrected chi connectivity index (χ2v) is 7.75. The van der Waals surface area contributed by atoms with E-state index in [2.05, 4.69) is 33.9 Å². The molecule has 3 heterocycles. The summed E-state index contributed by atoms with van der Waals surface area (Å²) in [6.45, 7) is 2.33. The molecule has 0 saturated carbocycles. The van der Waals surface area contributed by atoms with Gasteiger partial charge in [0.1, 0.15) is 23.0 Å². The third kappa shape index (κ3) is 4.24. The number of benzene rings is 1. The van der Waals surface area contributed by atoms with Gasteiger partial charge < -0.3 is 19.5 Å². The van der Waals surface area contributed by atoms with E-state index < -0.39 is 0 Å². The Morgan fingerprint density at radius 2 is 1.93 bits per heavy atom. The van der Waals surface area contributed by atoms with E-state index in [1.54, 1.807) is 25.4 Å². The van der Waals surface area contributed by atoms with Crippen molar-refractivity contribution in [3.05, 3.63) is 48.0 Å². The molecule has 1 aliphatic rings. The van der Waals surface area contributed by atoms with Crippen molar-refractivity contribution >= 4 is 16.9 Å². The molecule has 1 aromatic carbocycles. The van der Waals surface area contributed by atoms with E-state index >= 15 is 0 Å². The zero-order chi connectivity index (χ0) is 20.4. The number of fused-ring (bicyclic) bond motifs is 1. The molecule has 1 saturated heterocycles. The number of piperidine rings is 1. The van der Waals surface area contributed by atoms with Crippen molar-refractivity contribution in [2.75, 3.05) is 27.2 Å². The van der Waals surface area contributed by atoms with Crippen molar-refractivity contribution in [2.24, 2.45) is 13.0 Å². The van der Waals surface area contributed by atoms with Crippen molar-refractivity contribution < 1.29 is 9.53 Å². The number of hydrogen-bond donors (Lipinski definition) is 1. The van der Waals surface area contributed by atoms with Crippen LogP contribution in [0.5, 0.6) is 11.5 Å². The Kier molecular flexibility index (Phi) is 5.49. The number of amides is 1. The molecule has 7 nitrogen and oxygen atoms in total. The number of carbonyl (C=O) groups is 1. The second kappa shape index (κ2) is 8.21. The third-order valence-corrected chi connectivity index (χ3v) is 5.68. The molecule has 3 aromatic rings. The summed E-state index contributed by atoms with van der Waals surface area (Å²) in [6, 6.07) is 9.29. The first-order valence-corrected chi connectivity index (χ1v) is 10.0. The number of rotatable bonds is 5. The van der Waals surface area contributed by atoms with Crippen LogP contribution in [0.25, 0.3) is 11.0 Å². The lowest BCUT2D eigenvalue weighted by Gasteiger charge is -2.28. The smallest absolute Gasteiger partial charge is 0.269 e. The maximum Gasteiger partial charge on any atom is 0.269 e. The van der Waals surface area contributed by atoms with Gasteiger partial charge in [-0.3, -0.25) is 9.78 Å². The van der Waals surface area contributed by atoms with E-state index in [1.807, 2.05) is 18.2 Å². The minimum Gasteiger partial charge on any atom is -0.457 e. The number of carbonyl (C=O) groups excluding carboxylic acids is 1. The standard InChI is InChI=1S/C22H27N5O2/c1-23-22(28)19-14-17(6-9-24-19)29-16-4-5-20-18(13-16)25-21(27(20)3)12-15-7-10-26(2)11-8-15/h4-6,9,13-15H,7-8,10-12H2,1-3H3,(H,23,28). The van der Waals surface area contributed by atoms with Crippen molar-refractivity contribution in [1.82, 2.24) is 24.8 Å². The van der Waals surface area contributed by atoms with Gasteiger partial charge in [0.2, 0.25) is 0 Å². The van der Waals surface area contributed by atoms with Crippen molar-refractivity contribution in [3.8, 4) is 11.5 Å². The Balaban J connectivity index is 1.53. The van der Waals surface area contributed by atoms with E-state index in [-0.39, 0.29) is 5.91 Å². The number of imidazole rings is 1. The highest BCUT2D eigenvalue weighted by Gasteiger charge is 2.20. The quantitative estimate of drug-likeness (QED) is 0.721. The first kappa shape index (κ1) is 19.4. The molecule has 0 unspecified atom stereocenters. The second-order valence-electron chi connectivity index (χ2n) is 7.75. The van der Waals surface area contributed by atoms with Gasteiger partial charge in [-0.05, 0) is 57.1 Å². The Morgan fingerprint density at radius 3 is 2.69 bits per heavy atom. The van der Waals surface area contributed by atoms with Gasteiger partial charge in [-0.25, -0.2) is 4.98 Å². The van der Waals surface area contributed by atoms with E-state index in [0.717, 1.165) is 36.4 Å². The normalized spacial score (nSPS) is 15.6. The van der Waals surface area contributed by atoms with Crippen LogP contribution in [0.3, 0.4) is 0 Å². The maximum atomic E-state index is 11.8. The SMILES string of the molecule is CNC(=O)c1cc(Oc2ccc3c(c2)nc(CC2CCN(C)CC2)n3C)ccn1. The Bertz CT molecular complexity index is 1020. The highest BCUT2D eigenvalue weighted by atomic mass is 16.5. The minimum atomic E-state index is -0.242. The summed E-state index contributed by atoms with van der Waals surface area (Å²) in [7, 11) is 5.85. The molecule has 0 aliphatic carbocycles. The van der Waals surface area contributed by atoms with Gasteiger partial charge >= 0.3 is 0 Å². The lowest BCUT2D eigenvalue weighted by atomic mass is 9.93. The maximum absolute atomic E-state index is 11.8. The van der Waals surface area contributed by atoms with Gasteiger partial charge in [-0.1, -0.05) is 0 Å². The van der Waals surface area contributed by atoms with Crippen molar-refractivity contribution in [1.29, 1.82) is 0 Å². The highest BCUT2D eigenvalue weighted by Crippen LogP contribution is 2.28. The molecule has 2 aromatic heterocycles. The summed E-state index contributed by atoms with van der Waals surface area (Å²) in [6.07, 6.45) is 5.03. The van der Waals surface area contributed by atoms with Crippen molar-refractivity contribution in [2.45, 2.75) is 19.3 Å². The molecule has 1 N–H and O–H groups in total. The fourth-order valence-electron chi connectivity index (χ4n) is 3.86. The van der Waals surface area contributed by atoms with Crippen LogP contribution in [0.4, 0.5) is 0 Å². The molecule has 29 heavy (non-hydrogen) atoms. The predicted molar refractivity (Wildman–Crippen MR) is 112 cm³/mol. The molecule has 1 fully saturated rings. The Hall–Kier alpha value is -2.93. The van der Waals surface area contributed by atoms with Crippen molar-refractivity contribution in [3.63, 3.8) is 0 Å². The highest BCUT2D eigenvalue weighted by molar-refractivity contribution is 5.92. The van der Waals surface area contributed by atoms with E-state index in [1.165, 1.54) is 12.8 Å². The number of aromatic nitrogens is 3. The summed E-state index contributed by atoms with van der Waals surface area (Å²) >= 11 is 0. The number of hydrogen-bond acceptors (Lipinski definition) is 5. The monoisotopic (exact) mass is 393 g/mol. The Labute approximate surface area is 170 Å². The van der Waals surface area contributed by atoms with Crippen LogP contribution in [-0.2, 0) is 13.5 Å². The number of pyridine rings is 1. The van der Waals surface area contributed by atoms with Crippen LogP contribution in [0, 0.1) is 5.92 Å². The zero-order valence-electron chi connectivity index (χ0n) is 17.2. The molecular weight excluding hydrogens is 366 g/mol. The zero-order valence-corrected chi connectivity index (χ0v) is 17.2. The van der Waals surface area contributed by atoms with Gasteiger partial charge in [0.05, 0.1) is 11.0 Å². The summed E-state index contributed by atoms with van der Waals surface area (Å²) in [4.78, 5) is 23.1. The summed E-state index contributed by atoms with van der Waals surface area (Å²) < 4.78 is 8.15. The van der Waals surface area contributed by atoms with Gasteiger partial charge in [0, 0.05) is 38.8 Å². The lowest BCUT2D eigenvalue weighted by Crippen LogP contribution is -2.31. The largest absolute Gasteiger partial charge is 0.457 e. The van der Waals surface area contributed by atoms with Crippen LogP contribution >= 0.6 is 0 Å². The first-order chi connectivity index (χ1) is 14.0. The molecule has 152 valence electrons. The van der Waals surface area contributed by atoms with Crippen LogP contribution < -0.4 is 10.1 Å². The summed E-state index contributed by atoms with van der Waals surface area (Å²) in [5.74, 6) is 2.83. The van der Waals surface area contributed by atoms with E-state index in [0.29, 0.717) is 23.1 Å². The van der Waals surface area contributed by atoms with Crippen LogP contribution in [0.1, 0.15) is 29.2 Å². The molecule has 0 atom stereocenters. The number of nitrogens with one attached hydrogen (secondary N) is 1. The number of aryl methyl sites for hydroxylation is 1. The molecule has 0 bridgehead atoms. The van der Waals surface area contributed by atoms with E-state index in [4.69, 9.17) is 9.72 Å². The molecule has 7 heteroatoms. The average molecular weight is 393 g/mol. The minimum absolute atomic E-state index is 0.242. The van der Waals surface area contributed by atoms with Crippen LogP contribution in [0.15, 0.2) is 36.5 Å². The van der Waals surface area contributed by atoms with Gasteiger partial charge in [-0.15, -0.1) is 0 Å². The first-order valence-electron chi connectivity index (χ1n) is 10.0. The summed E-state index contributed by atoms with van der Waals surface area (Å²) in [5.41, 5.74) is 2.35. The van der Waals surface area contributed by atoms with Gasteiger partial charge in [0.15, 0.2) is 0 Å². The lowest BCUT2D eigenvalue weighted by molar-refractivity contribution is 0.0958. The van der Waals surface area contributed by atoms with Crippen LogP contribution in [0.2, 0.25) is 0 Å². The fraction of sp³-hybridized carbons (Fsp3) is 0.409. The number of nitrogens with zero attached hydrogens (tertiary/aromatic N) is 4.